The number of nitrogens with zero attached hydrogens (tertiary/aromatic N) is 5. The summed E-state index contributed by atoms with van der Waals surface area (Å²) < 4.78 is 1.14. The highest BCUT2D eigenvalue weighted by atomic mass is 35.5. The number of nitriles is 1. The van der Waals surface area contributed by atoms with Crippen LogP contribution in [0.3, 0.4) is 0 Å². The van der Waals surface area contributed by atoms with Crippen LogP contribution in [-0.2, 0) is 0 Å². The molecule has 0 N–H and O–H groups in total. The monoisotopic (exact) mass is 249 g/mol. The van der Waals surface area contributed by atoms with Crippen molar-refractivity contribution >= 4 is 17.3 Å². The number of halogens is 1. The molecule has 0 saturated carbocycles. The Morgan fingerprint density at radius 2 is 2.29 bits per heavy atom. The quantitative estimate of drug-likeness (QED) is 0.596. The van der Waals surface area contributed by atoms with Crippen molar-refractivity contribution in [1.29, 1.82) is 5.26 Å². The van der Waals surface area contributed by atoms with Crippen LogP contribution in [0.4, 0.5) is 5.69 Å². The second-order valence-electron chi connectivity index (χ2n) is 2.99. The van der Waals surface area contributed by atoms with Crippen molar-refractivity contribution in [2.75, 3.05) is 0 Å². The van der Waals surface area contributed by atoms with E-state index >= 15 is 0 Å². The largest absolute Gasteiger partial charge is 0.313 e. The smallest absolute Gasteiger partial charge is 0.258 e. The first-order valence-electron chi connectivity index (χ1n) is 4.38. The lowest BCUT2D eigenvalue weighted by Crippen LogP contribution is -2.01. The van der Waals surface area contributed by atoms with Crippen molar-refractivity contribution in [2.45, 2.75) is 0 Å². The van der Waals surface area contributed by atoms with E-state index in [1.807, 2.05) is 0 Å². The van der Waals surface area contributed by atoms with Crippen molar-refractivity contribution in [2.24, 2.45) is 0 Å². The molecule has 1 heterocycles. The van der Waals surface area contributed by atoms with Gasteiger partial charge in [0.2, 0.25) is 0 Å². The number of nitro benzene ring substituents is 1. The van der Waals surface area contributed by atoms with Crippen LogP contribution in [0, 0.1) is 21.4 Å². The molecule has 0 unspecified atom stereocenters. The van der Waals surface area contributed by atoms with E-state index < -0.39 is 4.92 Å². The highest BCUT2D eigenvalue weighted by Gasteiger charge is 2.20. The Morgan fingerprint density at radius 1 is 1.53 bits per heavy atom. The van der Waals surface area contributed by atoms with Gasteiger partial charge in [-0.2, -0.15) is 5.26 Å². The van der Waals surface area contributed by atoms with Gasteiger partial charge in [-0.25, -0.2) is 9.67 Å². The highest BCUT2D eigenvalue weighted by molar-refractivity contribution is 6.33. The third-order valence-electron chi connectivity index (χ3n) is 1.99. The molecular weight excluding hydrogens is 246 g/mol. The number of rotatable bonds is 2. The minimum atomic E-state index is -0.606. The molecule has 1 aromatic carbocycles. The maximum Gasteiger partial charge on any atom is 0.313 e. The maximum atomic E-state index is 10.9. The van der Waals surface area contributed by atoms with E-state index in [0.717, 1.165) is 4.68 Å². The van der Waals surface area contributed by atoms with Crippen molar-refractivity contribution in [3.8, 4) is 11.8 Å². The van der Waals surface area contributed by atoms with Crippen LogP contribution >= 0.6 is 11.6 Å². The molecule has 0 bridgehead atoms. The third-order valence-corrected chi connectivity index (χ3v) is 2.29. The predicted molar refractivity (Wildman–Crippen MR) is 57.7 cm³/mol. The minimum Gasteiger partial charge on any atom is -0.258 e. The Balaban J connectivity index is 2.63. The number of aromatic nitrogens is 3. The van der Waals surface area contributed by atoms with Gasteiger partial charge in [-0.15, -0.1) is 5.10 Å². The third kappa shape index (κ3) is 1.93. The lowest BCUT2D eigenvalue weighted by atomic mass is 10.3. The number of nitro groups is 1. The van der Waals surface area contributed by atoms with E-state index in [2.05, 4.69) is 10.1 Å². The first-order chi connectivity index (χ1) is 8.13. The standard InChI is InChI=1S/C9H4ClN5O2/c10-6-2-1-3-7(9(6)15(16)17)14-5-12-8(4-11)13-14/h1-3,5H. The van der Waals surface area contributed by atoms with Gasteiger partial charge in [0, 0.05) is 0 Å². The molecule has 0 fully saturated rings. The summed E-state index contributed by atoms with van der Waals surface area (Å²) in [5.74, 6) is -0.0701. The van der Waals surface area contributed by atoms with Gasteiger partial charge in [0.25, 0.3) is 5.82 Å². The van der Waals surface area contributed by atoms with Crippen LogP contribution in [0.25, 0.3) is 5.69 Å². The first kappa shape index (κ1) is 11.0. The van der Waals surface area contributed by atoms with Crippen molar-refractivity contribution in [1.82, 2.24) is 14.8 Å². The van der Waals surface area contributed by atoms with Gasteiger partial charge in [-0.1, -0.05) is 17.7 Å². The minimum absolute atomic E-state index is 0.00140. The number of para-hydroxylation sites is 1. The zero-order valence-corrected chi connectivity index (χ0v) is 9.00. The van der Waals surface area contributed by atoms with E-state index in [4.69, 9.17) is 16.9 Å². The Hall–Kier alpha value is -2.46. The molecule has 0 radical (unpaired) electrons. The molecule has 0 atom stereocenters. The summed E-state index contributed by atoms with van der Waals surface area (Å²) >= 11 is 5.75. The Morgan fingerprint density at radius 3 is 2.88 bits per heavy atom. The molecule has 0 aliphatic rings. The molecule has 0 amide bonds. The van der Waals surface area contributed by atoms with Gasteiger partial charge in [0.05, 0.1) is 4.92 Å². The first-order valence-corrected chi connectivity index (χ1v) is 4.76. The molecule has 0 aliphatic heterocycles. The maximum absolute atomic E-state index is 10.9. The van der Waals surface area contributed by atoms with Gasteiger partial charge < -0.3 is 0 Å². The Kier molecular flexibility index (Phi) is 2.72. The zero-order valence-electron chi connectivity index (χ0n) is 8.24. The lowest BCUT2D eigenvalue weighted by Gasteiger charge is -2.02. The molecule has 84 valence electrons. The highest BCUT2D eigenvalue weighted by Crippen LogP contribution is 2.30. The molecule has 8 heteroatoms. The van der Waals surface area contributed by atoms with E-state index in [9.17, 15) is 10.1 Å². The average molecular weight is 250 g/mol. The lowest BCUT2D eigenvalue weighted by molar-refractivity contribution is -0.384. The van der Waals surface area contributed by atoms with Gasteiger partial charge in [-0.05, 0) is 12.1 Å². The summed E-state index contributed by atoms with van der Waals surface area (Å²) in [5, 5.41) is 23.2. The fourth-order valence-electron chi connectivity index (χ4n) is 1.30. The van der Waals surface area contributed by atoms with Gasteiger partial charge >= 0.3 is 5.69 Å². The molecule has 0 aliphatic carbocycles. The second-order valence-corrected chi connectivity index (χ2v) is 3.40. The van der Waals surface area contributed by atoms with Crippen molar-refractivity contribution in [3.63, 3.8) is 0 Å². The van der Waals surface area contributed by atoms with Gasteiger partial charge in [0.15, 0.2) is 0 Å². The van der Waals surface area contributed by atoms with E-state index in [-0.39, 0.29) is 22.2 Å². The topological polar surface area (TPSA) is 97.6 Å². The zero-order chi connectivity index (χ0) is 12.4. The van der Waals surface area contributed by atoms with Crippen molar-refractivity contribution < 1.29 is 4.92 Å². The second kappa shape index (κ2) is 4.19. The van der Waals surface area contributed by atoms with Crippen LogP contribution < -0.4 is 0 Å². The number of hydrogen-bond acceptors (Lipinski definition) is 5. The molecule has 0 spiro atoms. The van der Waals surface area contributed by atoms with Crippen LogP contribution in [0.5, 0.6) is 0 Å². The van der Waals surface area contributed by atoms with Gasteiger partial charge in [-0.3, -0.25) is 10.1 Å². The molecule has 2 aromatic rings. The van der Waals surface area contributed by atoms with Crippen LogP contribution in [0.1, 0.15) is 5.82 Å². The number of hydrogen-bond donors (Lipinski definition) is 0. The molecule has 1 aromatic heterocycles. The molecular formula is C9H4ClN5O2. The molecule has 2 rings (SSSR count). The summed E-state index contributed by atoms with van der Waals surface area (Å²) in [7, 11) is 0. The van der Waals surface area contributed by atoms with Crippen LogP contribution in [0.2, 0.25) is 5.02 Å². The Labute approximate surface area is 100 Å². The summed E-state index contributed by atoms with van der Waals surface area (Å²) in [5.41, 5.74) is -0.111. The van der Waals surface area contributed by atoms with Crippen LogP contribution in [-0.4, -0.2) is 19.7 Å². The van der Waals surface area contributed by atoms with Crippen LogP contribution in [0.15, 0.2) is 24.5 Å². The Bertz CT molecular complexity index is 631. The predicted octanol–water partition coefficient (Wildman–Crippen LogP) is 1.70. The van der Waals surface area contributed by atoms with Gasteiger partial charge in [0.1, 0.15) is 23.1 Å². The number of benzene rings is 1. The van der Waals surface area contributed by atoms with E-state index in [0.29, 0.717) is 0 Å². The molecule has 0 saturated heterocycles. The average Bonchev–Trinajstić information content (AvgIpc) is 2.76. The summed E-state index contributed by atoms with van der Waals surface area (Å²) in [6.07, 6.45) is 1.22. The molecule has 7 nitrogen and oxygen atoms in total. The summed E-state index contributed by atoms with van der Waals surface area (Å²) in [4.78, 5) is 13.9. The van der Waals surface area contributed by atoms with E-state index in [1.165, 1.54) is 18.5 Å². The van der Waals surface area contributed by atoms with Crippen molar-refractivity contribution in [3.05, 3.63) is 45.5 Å². The fraction of sp³-hybridized carbons (Fsp3) is 0. The summed E-state index contributed by atoms with van der Waals surface area (Å²) in [6.45, 7) is 0. The normalized spacial score (nSPS) is 9.88. The fourth-order valence-corrected chi connectivity index (χ4v) is 1.54. The van der Waals surface area contributed by atoms with E-state index in [1.54, 1.807) is 12.1 Å². The molecule has 17 heavy (non-hydrogen) atoms. The summed E-state index contributed by atoms with van der Waals surface area (Å²) in [6, 6.07) is 6.17. The SMILES string of the molecule is N#Cc1ncn(-c2cccc(Cl)c2[N+](=O)[O-])n1.